The highest BCUT2D eigenvalue weighted by atomic mass is 16.1. The van der Waals surface area contributed by atoms with Gasteiger partial charge in [0, 0.05) is 50.5 Å². The number of nitrogens with one attached hydrogen (secondary N) is 1. The van der Waals surface area contributed by atoms with Gasteiger partial charge in [0.1, 0.15) is 5.82 Å². The van der Waals surface area contributed by atoms with Gasteiger partial charge in [-0.1, -0.05) is 30.3 Å². The molecule has 152 valence electrons. The van der Waals surface area contributed by atoms with Crippen LogP contribution in [-0.4, -0.2) is 48.5 Å². The third-order valence-electron chi connectivity index (χ3n) is 7.13. The van der Waals surface area contributed by atoms with Crippen molar-refractivity contribution in [1.29, 1.82) is 0 Å². The number of hydrogen-bond donors (Lipinski definition) is 1. The van der Waals surface area contributed by atoms with Crippen LogP contribution in [0.25, 0.3) is 0 Å². The third-order valence-corrected chi connectivity index (χ3v) is 7.13. The zero-order chi connectivity index (χ0) is 19.8. The SMILES string of the molecule is CNC(=O)c1ccnc(N2C[C@@H]3C[C@H](C2)[C@@H]2CCC[C@H](c4ccccc4)N2C3)c1. The molecule has 0 aliphatic carbocycles. The summed E-state index contributed by atoms with van der Waals surface area (Å²) in [5, 5.41) is 2.72. The summed E-state index contributed by atoms with van der Waals surface area (Å²) in [4.78, 5) is 21.9. The molecule has 29 heavy (non-hydrogen) atoms. The van der Waals surface area contributed by atoms with Crippen LogP contribution in [-0.2, 0) is 0 Å². The Morgan fingerprint density at radius 2 is 1.97 bits per heavy atom. The first-order valence-corrected chi connectivity index (χ1v) is 11.0. The standard InChI is InChI=1S/C24H30N4O/c1-25-24(29)19-10-11-26-23(13-19)27-14-17-12-20(16-27)22-9-5-8-21(28(22)15-17)18-6-3-2-4-7-18/h2-4,6-7,10-11,13,17,20-22H,5,8-9,12,14-16H2,1H3,(H,25,29)/t17-,20+,21+,22-/m0/s1. The molecular formula is C24H30N4O. The van der Waals surface area contributed by atoms with Crippen molar-refractivity contribution in [3.63, 3.8) is 0 Å². The number of anilines is 1. The molecule has 3 aliphatic rings. The lowest BCUT2D eigenvalue weighted by Crippen LogP contribution is -2.59. The molecule has 3 saturated heterocycles. The first kappa shape index (κ1) is 18.6. The minimum atomic E-state index is -0.0463. The molecule has 1 amide bonds. The van der Waals surface area contributed by atoms with Gasteiger partial charge in [0.2, 0.25) is 0 Å². The van der Waals surface area contributed by atoms with E-state index in [9.17, 15) is 4.79 Å². The molecule has 0 radical (unpaired) electrons. The molecule has 4 heterocycles. The average molecular weight is 391 g/mol. The molecule has 2 bridgehead atoms. The molecule has 1 aromatic carbocycles. The fraction of sp³-hybridized carbons (Fsp3) is 0.500. The molecule has 5 nitrogen and oxygen atoms in total. The van der Waals surface area contributed by atoms with E-state index in [1.165, 1.54) is 37.8 Å². The number of amides is 1. The van der Waals surface area contributed by atoms with E-state index in [-0.39, 0.29) is 5.91 Å². The monoisotopic (exact) mass is 390 g/mol. The van der Waals surface area contributed by atoms with Crippen molar-refractivity contribution in [2.24, 2.45) is 11.8 Å². The average Bonchev–Trinajstić information content (AvgIpc) is 2.78. The van der Waals surface area contributed by atoms with Gasteiger partial charge in [0.15, 0.2) is 0 Å². The number of benzene rings is 1. The second-order valence-electron chi connectivity index (χ2n) is 8.87. The first-order valence-electron chi connectivity index (χ1n) is 11.0. The Labute approximate surface area is 173 Å². The summed E-state index contributed by atoms with van der Waals surface area (Å²) in [5.74, 6) is 2.25. The molecule has 0 unspecified atom stereocenters. The molecular weight excluding hydrogens is 360 g/mol. The van der Waals surface area contributed by atoms with Crippen molar-refractivity contribution in [3.05, 3.63) is 59.8 Å². The second kappa shape index (κ2) is 7.79. The fourth-order valence-corrected chi connectivity index (χ4v) is 5.91. The van der Waals surface area contributed by atoms with Gasteiger partial charge in [0.25, 0.3) is 5.91 Å². The molecule has 4 atom stereocenters. The number of carbonyl (C=O) groups excluding carboxylic acids is 1. The molecule has 2 aromatic rings. The third kappa shape index (κ3) is 3.52. The Hall–Kier alpha value is -2.40. The van der Waals surface area contributed by atoms with Gasteiger partial charge >= 0.3 is 0 Å². The predicted molar refractivity (Wildman–Crippen MR) is 115 cm³/mol. The maximum Gasteiger partial charge on any atom is 0.251 e. The van der Waals surface area contributed by atoms with E-state index in [2.05, 4.69) is 50.4 Å². The van der Waals surface area contributed by atoms with Gasteiger partial charge in [0.05, 0.1) is 0 Å². The lowest BCUT2D eigenvalue weighted by molar-refractivity contribution is -0.0200. The van der Waals surface area contributed by atoms with Crippen LogP contribution < -0.4 is 10.2 Å². The van der Waals surface area contributed by atoms with Gasteiger partial charge < -0.3 is 10.2 Å². The lowest BCUT2D eigenvalue weighted by Gasteiger charge is -2.55. The molecule has 0 saturated carbocycles. The minimum absolute atomic E-state index is 0.0463. The van der Waals surface area contributed by atoms with Crippen molar-refractivity contribution in [3.8, 4) is 0 Å². The summed E-state index contributed by atoms with van der Waals surface area (Å²) in [7, 11) is 1.68. The van der Waals surface area contributed by atoms with Crippen LogP contribution in [0, 0.1) is 11.8 Å². The summed E-state index contributed by atoms with van der Waals surface area (Å²) in [6, 6.07) is 16.1. The number of nitrogens with zero attached hydrogens (tertiary/aromatic N) is 3. The van der Waals surface area contributed by atoms with Gasteiger partial charge in [-0.05, 0) is 55.2 Å². The van der Waals surface area contributed by atoms with Crippen LogP contribution in [0.5, 0.6) is 0 Å². The van der Waals surface area contributed by atoms with Crippen LogP contribution in [0.15, 0.2) is 48.7 Å². The van der Waals surface area contributed by atoms with Crippen molar-refractivity contribution in [2.45, 2.75) is 37.8 Å². The van der Waals surface area contributed by atoms with E-state index in [4.69, 9.17) is 0 Å². The summed E-state index contributed by atoms with van der Waals surface area (Å²) in [5.41, 5.74) is 2.17. The molecule has 5 rings (SSSR count). The molecule has 0 spiro atoms. The van der Waals surface area contributed by atoms with Crippen LogP contribution >= 0.6 is 0 Å². The molecule has 1 N–H and O–H groups in total. The molecule has 3 aliphatic heterocycles. The van der Waals surface area contributed by atoms with E-state index in [1.807, 2.05) is 6.07 Å². The number of pyridine rings is 1. The lowest BCUT2D eigenvalue weighted by atomic mass is 9.74. The van der Waals surface area contributed by atoms with Gasteiger partial charge in [-0.2, -0.15) is 0 Å². The summed E-state index contributed by atoms with van der Waals surface area (Å²) in [6.07, 6.45) is 6.99. The van der Waals surface area contributed by atoms with Crippen molar-refractivity contribution < 1.29 is 4.79 Å². The highest BCUT2D eigenvalue weighted by Crippen LogP contribution is 2.44. The van der Waals surface area contributed by atoms with E-state index in [0.717, 1.165) is 18.9 Å². The topological polar surface area (TPSA) is 48.5 Å². The van der Waals surface area contributed by atoms with E-state index in [0.29, 0.717) is 29.5 Å². The van der Waals surface area contributed by atoms with Gasteiger partial charge in [-0.15, -0.1) is 0 Å². The summed E-state index contributed by atoms with van der Waals surface area (Å²) < 4.78 is 0. The molecule has 1 aromatic heterocycles. The highest BCUT2D eigenvalue weighted by Gasteiger charge is 2.45. The Kier molecular flexibility index (Phi) is 5.00. The number of fused-ring (bicyclic) bond motifs is 4. The number of piperidine rings is 3. The van der Waals surface area contributed by atoms with Gasteiger partial charge in [-0.3, -0.25) is 9.69 Å². The summed E-state index contributed by atoms with van der Waals surface area (Å²) in [6.45, 7) is 3.25. The minimum Gasteiger partial charge on any atom is -0.356 e. The van der Waals surface area contributed by atoms with Crippen molar-refractivity contribution in [2.75, 3.05) is 31.6 Å². The molecule has 5 heteroatoms. The Bertz CT molecular complexity index is 870. The number of rotatable bonds is 3. The van der Waals surface area contributed by atoms with E-state index in [1.54, 1.807) is 19.3 Å². The maximum atomic E-state index is 12.0. The maximum absolute atomic E-state index is 12.0. The largest absolute Gasteiger partial charge is 0.356 e. The van der Waals surface area contributed by atoms with Crippen LogP contribution in [0.4, 0.5) is 5.82 Å². The Morgan fingerprint density at radius 3 is 2.79 bits per heavy atom. The predicted octanol–water partition coefficient (Wildman–Crippen LogP) is 3.49. The number of carbonyl (C=O) groups is 1. The highest BCUT2D eigenvalue weighted by molar-refractivity contribution is 5.94. The Morgan fingerprint density at radius 1 is 1.10 bits per heavy atom. The first-order chi connectivity index (χ1) is 14.2. The number of aromatic nitrogens is 1. The zero-order valence-electron chi connectivity index (χ0n) is 17.1. The zero-order valence-corrected chi connectivity index (χ0v) is 17.1. The Balaban J connectivity index is 1.37. The quantitative estimate of drug-likeness (QED) is 0.872. The smallest absolute Gasteiger partial charge is 0.251 e. The summed E-state index contributed by atoms with van der Waals surface area (Å²) >= 11 is 0. The molecule has 3 fully saturated rings. The van der Waals surface area contributed by atoms with E-state index >= 15 is 0 Å². The van der Waals surface area contributed by atoms with E-state index < -0.39 is 0 Å². The normalized spacial score (nSPS) is 29.2. The van der Waals surface area contributed by atoms with Crippen LogP contribution in [0.2, 0.25) is 0 Å². The number of hydrogen-bond acceptors (Lipinski definition) is 4. The van der Waals surface area contributed by atoms with Crippen LogP contribution in [0.3, 0.4) is 0 Å². The van der Waals surface area contributed by atoms with Crippen molar-refractivity contribution in [1.82, 2.24) is 15.2 Å². The second-order valence-corrected chi connectivity index (χ2v) is 8.87. The van der Waals surface area contributed by atoms with Crippen molar-refractivity contribution >= 4 is 11.7 Å². The van der Waals surface area contributed by atoms with Gasteiger partial charge in [-0.25, -0.2) is 4.98 Å². The van der Waals surface area contributed by atoms with Crippen LogP contribution in [0.1, 0.15) is 47.6 Å². The fourth-order valence-electron chi connectivity index (χ4n) is 5.91.